The largest absolute Gasteiger partial charge is 0.396 e. The van der Waals surface area contributed by atoms with Crippen LogP contribution in [0.2, 0.25) is 0 Å². The summed E-state index contributed by atoms with van der Waals surface area (Å²) in [7, 11) is 0. The molecule has 0 saturated carbocycles. The predicted octanol–water partition coefficient (Wildman–Crippen LogP) is 1.78. The fraction of sp³-hybridized carbons (Fsp3) is 1.00. The lowest BCUT2D eigenvalue weighted by Crippen LogP contribution is -2.00. The highest BCUT2D eigenvalue weighted by Crippen LogP contribution is 2.01. The maximum atomic E-state index is 11.3. The summed E-state index contributed by atoms with van der Waals surface area (Å²) in [5.41, 5.74) is 0. The fourth-order valence-corrected chi connectivity index (χ4v) is 0.740. The Labute approximate surface area is 65.2 Å². The zero-order valence-corrected chi connectivity index (χ0v) is 6.43. The molecule has 0 aliphatic heterocycles. The van der Waals surface area contributed by atoms with Gasteiger partial charge in [0.05, 0.1) is 6.61 Å². The Morgan fingerprint density at radius 2 is 1.73 bits per heavy atom. The second-order valence-corrected chi connectivity index (χ2v) is 2.27. The number of aliphatic hydroxyl groups is 1. The van der Waals surface area contributed by atoms with Crippen molar-refractivity contribution in [3.8, 4) is 0 Å². The lowest BCUT2D eigenvalue weighted by atomic mass is 10.2. The average Bonchev–Trinajstić information content (AvgIpc) is 1.96. The van der Waals surface area contributed by atoms with Gasteiger partial charge in [-0.1, -0.05) is 12.8 Å². The number of rotatable bonds is 7. The van der Waals surface area contributed by atoms with Crippen LogP contribution in [-0.4, -0.2) is 24.9 Å². The number of hydrogen-bond acceptors (Lipinski definition) is 2. The van der Waals surface area contributed by atoms with Crippen LogP contribution < -0.4 is 0 Å². The van der Waals surface area contributed by atoms with Crippen LogP contribution in [0.4, 0.5) is 8.78 Å². The second kappa shape index (κ2) is 7.88. The van der Waals surface area contributed by atoms with Gasteiger partial charge in [0, 0.05) is 6.61 Å². The minimum absolute atomic E-state index is 0.114. The molecular formula is C7H14F2O2. The average molecular weight is 168 g/mol. The predicted molar refractivity (Wildman–Crippen MR) is 37.5 cm³/mol. The third-order valence-corrected chi connectivity index (χ3v) is 1.30. The normalized spacial score (nSPS) is 10.9. The highest BCUT2D eigenvalue weighted by Gasteiger charge is 1.99. The van der Waals surface area contributed by atoms with Crippen molar-refractivity contribution in [2.75, 3.05) is 13.2 Å². The Kier molecular flexibility index (Phi) is 7.72. The molecule has 0 radical (unpaired) electrons. The summed E-state index contributed by atoms with van der Waals surface area (Å²) >= 11 is 0. The standard InChI is InChI=1S/C7H14F2O2/c8-7(9)11-6-4-2-1-3-5-10/h7,10H,1-6H2. The van der Waals surface area contributed by atoms with Crippen LogP contribution in [0.3, 0.4) is 0 Å². The van der Waals surface area contributed by atoms with Gasteiger partial charge in [0.2, 0.25) is 0 Å². The smallest absolute Gasteiger partial charge is 0.345 e. The number of halogens is 2. The Morgan fingerprint density at radius 1 is 1.09 bits per heavy atom. The van der Waals surface area contributed by atoms with E-state index < -0.39 is 6.61 Å². The van der Waals surface area contributed by atoms with Crippen LogP contribution in [0.25, 0.3) is 0 Å². The van der Waals surface area contributed by atoms with E-state index in [0.29, 0.717) is 6.42 Å². The van der Waals surface area contributed by atoms with E-state index in [4.69, 9.17) is 5.11 Å². The lowest BCUT2D eigenvalue weighted by Gasteiger charge is -2.01. The van der Waals surface area contributed by atoms with E-state index in [0.717, 1.165) is 19.3 Å². The summed E-state index contributed by atoms with van der Waals surface area (Å²) in [6.45, 7) is -2.36. The Hall–Kier alpha value is -0.220. The zero-order chi connectivity index (χ0) is 8.53. The first-order valence-electron chi connectivity index (χ1n) is 3.78. The fourth-order valence-electron chi connectivity index (χ4n) is 0.740. The van der Waals surface area contributed by atoms with Crippen molar-refractivity contribution in [1.29, 1.82) is 0 Å². The van der Waals surface area contributed by atoms with Gasteiger partial charge in [-0.25, -0.2) is 0 Å². The molecule has 0 aromatic rings. The van der Waals surface area contributed by atoms with Gasteiger partial charge in [0.1, 0.15) is 0 Å². The van der Waals surface area contributed by atoms with E-state index in [1.807, 2.05) is 0 Å². The zero-order valence-electron chi connectivity index (χ0n) is 6.43. The van der Waals surface area contributed by atoms with Gasteiger partial charge < -0.3 is 9.84 Å². The van der Waals surface area contributed by atoms with Crippen molar-refractivity contribution in [2.45, 2.75) is 32.3 Å². The number of unbranched alkanes of at least 4 members (excludes halogenated alkanes) is 3. The molecule has 1 N–H and O–H groups in total. The molecule has 0 amide bonds. The topological polar surface area (TPSA) is 29.5 Å². The minimum atomic E-state index is -2.65. The van der Waals surface area contributed by atoms with E-state index in [-0.39, 0.29) is 13.2 Å². The quantitative estimate of drug-likeness (QED) is 0.587. The van der Waals surface area contributed by atoms with Gasteiger partial charge in [-0.2, -0.15) is 8.78 Å². The molecule has 4 heteroatoms. The van der Waals surface area contributed by atoms with Gasteiger partial charge in [-0.3, -0.25) is 0 Å². The minimum Gasteiger partial charge on any atom is -0.396 e. The molecule has 0 aromatic heterocycles. The van der Waals surface area contributed by atoms with Crippen LogP contribution >= 0.6 is 0 Å². The van der Waals surface area contributed by atoms with Crippen molar-refractivity contribution >= 4 is 0 Å². The molecule has 0 atom stereocenters. The summed E-state index contributed by atoms with van der Waals surface area (Å²) in [5.74, 6) is 0. The molecule has 0 fully saturated rings. The van der Waals surface area contributed by atoms with Crippen LogP contribution in [-0.2, 0) is 4.74 Å². The van der Waals surface area contributed by atoms with Crippen molar-refractivity contribution in [1.82, 2.24) is 0 Å². The monoisotopic (exact) mass is 168 g/mol. The third-order valence-electron chi connectivity index (χ3n) is 1.30. The SMILES string of the molecule is OCCCCCCOC(F)F. The summed E-state index contributed by atoms with van der Waals surface area (Å²) in [6.07, 6.45) is 3.11. The number of aliphatic hydroxyl groups excluding tert-OH is 1. The van der Waals surface area contributed by atoms with E-state index in [1.165, 1.54) is 0 Å². The third kappa shape index (κ3) is 9.78. The maximum Gasteiger partial charge on any atom is 0.345 e. The molecule has 68 valence electrons. The molecule has 11 heavy (non-hydrogen) atoms. The highest BCUT2D eigenvalue weighted by molar-refractivity contribution is 4.40. The van der Waals surface area contributed by atoms with E-state index in [9.17, 15) is 8.78 Å². The van der Waals surface area contributed by atoms with Gasteiger partial charge in [-0.15, -0.1) is 0 Å². The summed E-state index contributed by atoms with van der Waals surface area (Å²) in [6, 6.07) is 0. The van der Waals surface area contributed by atoms with Crippen molar-refractivity contribution in [2.24, 2.45) is 0 Å². The van der Waals surface area contributed by atoms with E-state index in [2.05, 4.69) is 4.74 Å². The highest BCUT2D eigenvalue weighted by atomic mass is 19.3. The van der Waals surface area contributed by atoms with E-state index in [1.54, 1.807) is 0 Å². The van der Waals surface area contributed by atoms with Crippen molar-refractivity contribution < 1.29 is 18.6 Å². The van der Waals surface area contributed by atoms with Crippen LogP contribution in [0, 0.1) is 0 Å². The molecule has 0 unspecified atom stereocenters. The molecule has 0 bridgehead atoms. The number of ether oxygens (including phenoxy) is 1. The van der Waals surface area contributed by atoms with Gasteiger partial charge in [0.15, 0.2) is 0 Å². The maximum absolute atomic E-state index is 11.3. The molecule has 0 heterocycles. The summed E-state index contributed by atoms with van der Waals surface area (Å²) in [4.78, 5) is 0. The molecule has 0 aliphatic carbocycles. The molecule has 2 nitrogen and oxygen atoms in total. The molecule has 0 saturated heterocycles. The number of hydrogen-bond donors (Lipinski definition) is 1. The Morgan fingerprint density at radius 3 is 2.27 bits per heavy atom. The molecular weight excluding hydrogens is 154 g/mol. The molecule has 0 aliphatic rings. The van der Waals surface area contributed by atoms with Crippen LogP contribution in [0.1, 0.15) is 25.7 Å². The summed E-state index contributed by atoms with van der Waals surface area (Å²) < 4.78 is 26.7. The first kappa shape index (κ1) is 10.8. The molecule has 0 aromatic carbocycles. The van der Waals surface area contributed by atoms with Crippen molar-refractivity contribution in [3.05, 3.63) is 0 Å². The van der Waals surface area contributed by atoms with Crippen molar-refractivity contribution in [3.63, 3.8) is 0 Å². The van der Waals surface area contributed by atoms with Gasteiger partial charge in [-0.05, 0) is 12.8 Å². The van der Waals surface area contributed by atoms with Crippen LogP contribution in [0.15, 0.2) is 0 Å². The second-order valence-electron chi connectivity index (χ2n) is 2.27. The van der Waals surface area contributed by atoms with Crippen LogP contribution in [0.5, 0.6) is 0 Å². The van der Waals surface area contributed by atoms with Gasteiger partial charge in [0.25, 0.3) is 0 Å². The Balaban J connectivity index is 2.80. The van der Waals surface area contributed by atoms with Gasteiger partial charge >= 0.3 is 6.61 Å². The van der Waals surface area contributed by atoms with E-state index >= 15 is 0 Å². The first-order chi connectivity index (χ1) is 5.27. The molecule has 0 spiro atoms. The number of alkyl halides is 2. The lowest BCUT2D eigenvalue weighted by molar-refractivity contribution is -0.129. The molecule has 0 rings (SSSR count). The Bertz CT molecular complexity index is 78.8. The summed E-state index contributed by atoms with van der Waals surface area (Å²) in [5, 5.41) is 8.36. The first-order valence-corrected chi connectivity index (χ1v) is 3.78.